The highest BCUT2D eigenvalue weighted by molar-refractivity contribution is 14.0. The van der Waals surface area contributed by atoms with E-state index in [4.69, 9.17) is 4.42 Å². The summed E-state index contributed by atoms with van der Waals surface area (Å²) in [7, 11) is 1.81. The lowest BCUT2D eigenvalue weighted by molar-refractivity contribution is 0.250. The molecule has 2 rings (SSSR count). The predicted octanol–water partition coefficient (Wildman–Crippen LogP) is 4.47. The second kappa shape index (κ2) is 9.78. The van der Waals surface area contributed by atoms with Gasteiger partial charge in [0.15, 0.2) is 5.96 Å². The Bertz CT molecular complexity index is 540. The van der Waals surface area contributed by atoms with Gasteiger partial charge in [0.2, 0.25) is 5.89 Å². The van der Waals surface area contributed by atoms with Crippen LogP contribution in [0.25, 0.3) is 0 Å². The average molecular weight is 462 g/mol. The Labute approximate surface area is 169 Å². The van der Waals surface area contributed by atoms with Gasteiger partial charge in [-0.15, -0.1) is 24.0 Å². The van der Waals surface area contributed by atoms with Crippen LogP contribution in [-0.2, 0) is 12.0 Å². The number of nitrogens with one attached hydrogen (secondary N) is 2. The Morgan fingerprint density at radius 1 is 1.28 bits per heavy atom. The molecule has 2 N–H and O–H groups in total. The minimum Gasteiger partial charge on any atom is -0.443 e. The highest BCUT2D eigenvalue weighted by Gasteiger charge is 2.24. The molecule has 1 fully saturated rings. The molecule has 1 aliphatic carbocycles. The van der Waals surface area contributed by atoms with Crippen molar-refractivity contribution in [1.82, 2.24) is 15.6 Å². The summed E-state index contributed by atoms with van der Waals surface area (Å²) < 4.78 is 5.82. The van der Waals surface area contributed by atoms with Crippen LogP contribution in [0.4, 0.5) is 0 Å². The number of halogens is 1. The van der Waals surface area contributed by atoms with Gasteiger partial charge in [-0.25, -0.2) is 4.98 Å². The van der Waals surface area contributed by atoms with Crippen LogP contribution in [0.5, 0.6) is 0 Å². The van der Waals surface area contributed by atoms with Crippen LogP contribution in [0.2, 0.25) is 0 Å². The van der Waals surface area contributed by atoms with Crippen molar-refractivity contribution in [1.29, 1.82) is 0 Å². The van der Waals surface area contributed by atoms with Crippen LogP contribution >= 0.6 is 24.0 Å². The molecule has 1 aromatic rings. The topological polar surface area (TPSA) is 62.5 Å². The number of guanidine groups is 1. The van der Waals surface area contributed by atoms with Gasteiger partial charge >= 0.3 is 0 Å². The minimum atomic E-state index is -0.0137. The number of aliphatic imine (C=N–C) groups is 1. The first kappa shape index (κ1) is 22.3. The Kier molecular flexibility index (Phi) is 8.71. The zero-order valence-electron chi connectivity index (χ0n) is 16.6. The second-order valence-corrected chi connectivity index (χ2v) is 8.29. The maximum atomic E-state index is 5.82. The molecule has 0 amide bonds. The van der Waals surface area contributed by atoms with Gasteiger partial charge in [-0.1, -0.05) is 34.6 Å². The number of nitrogens with zero attached hydrogens (tertiary/aromatic N) is 2. The fourth-order valence-corrected chi connectivity index (χ4v) is 3.22. The smallest absolute Gasteiger partial charge is 0.213 e. The lowest BCUT2D eigenvalue weighted by atomic mass is 9.80. The number of hydrogen-bond acceptors (Lipinski definition) is 3. The van der Waals surface area contributed by atoms with Crippen LogP contribution in [0.3, 0.4) is 0 Å². The maximum absolute atomic E-state index is 5.82. The molecule has 1 heterocycles. The molecule has 0 radical (unpaired) electrons. The molecule has 0 unspecified atom stereocenters. The van der Waals surface area contributed by atoms with Gasteiger partial charge < -0.3 is 15.1 Å². The molecule has 0 aromatic carbocycles. The molecule has 0 bridgehead atoms. The highest BCUT2D eigenvalue weighted by Crippen LogP contribution is 2.29. The predicted molar refractivity (Wildman–Crippen MR) is 115 cm³/mol. The average Bonchev–Trinajstić information content (AvgIpc) is 3.01. The second-order valence-electron chi connectivity index (χ2n) is 8.29. The number of rotatable bonds is 4. The first-order chi connectivity index (χ1) is 11.3. The molecular weight excluding hydrogens is 427 g/mol. The molecule has 0 saturated heterocycles. The first-order valence-corrected chi connectivity index (χ1v) is 9.22. The van der Waals surface area contributed by atoms with Crippen LogP contribution in [0, 0.1) is 11.8 Å². The van der Waals surface area contributed by atoms with E-state index in [0.29, 0.717) is 18.5 Å². The minimum absolute atomic E-state index is 0. The fourth-order valence-electron chi connectivity index (χ4n) is 3.22. The largest absolute Gasteiger partial charge is 0.443 e. The molecule has 6 heteroatoms. The third kappa shape index (κ3) is 6.79. The highest BCUT2D eigenvalue weighted by atomic mass is 127. The van der Waals surface area contributed by atoms with Crippen LogP contribution in [0.15, 0.2) is 15.6 Å². The van der Waals surface area contributed by atoms with E-state index in [1.807, 2.05) is 13.2 Å². The van der Waals surface area contributed by atoms with Crippen LogP contribution in [-0.4, -0.2) is 24.0 Å². The van der Waals surface area contributed by atoms with E-state index in [0.717, 1.165) is 23.6 Å². The first-order valence-electron chi connectivity index (χ1n) is 9.22. The molecule has 1 aliphatic rings. The summed E-state index contributed by atoms with van der Waals surface area (Å²) in [5, 5.41) is 6.86. The number of aromatic nitrogens is 1. The zero-order valence-corrected chi connectivity index (χ0v) is 18.9. The van der Waals surface area contributed by atoms with Crippen molar-refractivity contribution in [2.45, 2.75) is 78.3 Å². The van der Waals surface area contributed by atoms with Crippen molar-refractivity contribution in [3.8, 4) is 0 Å². The van der Waals surface area contributed by atoms with E-state index >= 15 is 0 Å². The Balaban J connectivity index is 0.00000312. The lowest BCUT2D eigenvalue weighted by Crippen LogP contribution is -2.44. The van der Waals surface area contributed by atoms with Gasteiger partial charge in [0, 0.05) is 18.5 Å². The summed E-state index contributed by atoms with van der Waals surface area (Å²) in [6, 6.07) is 0.515. The van der Waals surface area contributed by atoms with E-state index in [1.165, 1.54) is 25.7 Å². The van der Waals surface area contributed by atoms with Crippen molar-refractivity contribution in [3.63, 3.8) is 0 Å². The summed E-state index contributed by atoms with van der Waals surface area (Å²) in [4.78, 5) is 8.68. The lowest BCUT2D eigenvalue weighted by Gasteiger charge is -2.32. The molecule has 25 heavy (non-hydrogen) atoms. The molecule has 5 nitrogen and oxygen atoms in total. The monoisotopic (exact) mass is 462 g/mol. The van der Waals surface area contributed by atoms with Gasteiger partial charge in [0.25, 0.3) is 0 Å². The van der Waals surface area contributed by atoms with Crippen molar-refractivity contribution >= 4 is 29.9 Å². The quantitative estimate of drug-likeness (QED) is 0.394. The maximum Gasteiger partial charge on any atom is 0.213 e. The Morgan fingerprint density at radius 2 is 1.92 bits per heavy atom. The number of hydrogen-bond donors (Lipinski definition) is 2. The third-order valence-electron chi connectivity index (χ3n) is 4.98. The summed E-state index contributed by atoms with van der Waals surface area (Å²) >= 11 is 0. The molecule has 0 aliphatic heterocycles. The summed E-state index contributed by atoms with van der Waals surface area (Å²) in [5.41, 5.74) is -0.0137. The van der Waals surface area contributed by atoms with Gasteiger partial charge in [-0.05, 0) is 37.5 Å². The van der Waals surface area contributed by atoms with Gasteiger partial charge in [-0.3, -0.25) is 4.99 Å². The summed E-state index contributed by atoms with van der Waals surface area (Å²) in [6.07, 6.45) is 6.87. The molecule has 0 spiro atoms. The van der Waals surface area contributed by atoms with E-state index < -0.39 is 0 Å². The van der Waals surface area contributed by atoms with E-state index in [9.17, 15) is 0 Å². The van der Waals surface area contributed by atoms with Crippen molar-refractivity contribution in [2.75, 3.05) is 7.05 Å². The molecule has 1 aromatic heterocycles. The van der Waals surface area contributed by atoms with Gasteiger partial charge in [-0.2, -0.15) is 0 Å². The van der Waals surface area contributed by atoms with Crippen LogP contribution in [0.1, 0.15) is 72.0 Å². The van der Waals surface area contributed by atoms with Crippen molar-refractivity contribution < 1.29 is 4.42 Å². The number of oxazole rings is 1. The summed E-state index contributed by atoms with van der Waals surface area (Å²) in [6.45, 7) is 11.6. The van der Waals surface area contributed by atoms with Gasteiger partial charge in [0.05, 0.1) is 12.7 Å². The van der Waals surface area contributed by atoms with E-state index in [1.54, 1.807) is 0 Å². The molecule has 0 atom stereocenters. The molecule has 1 saturated carbocycles. The Hall–Kier alpha value is -0.790. The summed E-state index contributed by atoms with van der Waals surface area (Å²) in [5.74, 6) is 4.12. The normalized spacial score (nSPS) is 21.8. The fraction of sp³-hybridized carbons (Fsp3) is 0.789. The SMILES string of the molecule is CN=C(NCc1ncc(C(C)(C)C)o1)NC1CCC(C(C)C)CC1.I. The zero-order chi connectivity index (χ0) is 17.7. The van der Waals surface area contributed by atoms with E-state index in [2.05, 4.69) is 55.2 Å². The van der Waals surface area contributed by atoms with Crippen LogP contribution < -0.4 is 10.6 Å². The van der Waals surface area contributed by atoms with Crippen molar-refractivity contribution in [3.05, 3.63) is 17.8 Å². The Morgan fingerprint density at radius 3 is 2.40 bits per heavy atom. The van der Waals surface area contributed by atoms with Gasteiger partial charge in [0.1, 0.15) is 5.76 Å². The standard InChI is InChI=1S/C19H34N4O.HI/c1-13(2)14-7-9-15(10-8-14)23-18(20-6)22-12-17-21-11-16(24-17)19(3,4)5;/h11,13-15H,7-10,12H2,1-6H3,(H2,20,22,23);1H. The van der Waals surface area contributed by atoms with Crippen molar-refractivity contribution in [2.24, 2.45) is 16.8 Å². The van der Waals surface area contributed by atoms with E-state index in [-0.39, 0.29) is 29.4 Å². The molecular formula is C19H35IN4O. The third-order valence-corrected chi connectivity index (χ3v) is 4.98. The molecule has 144 valence electrons.